The Hall–Kier alpha value is -9.94. The van der Waals surface area contributed by atoms with Crippen molar-refractivity contribution in [3.05, 3.63) is 200 Å². The summed E-state index contributed by atoms with van der Waals surface area (Å²) in [5.74, 6) is -9.31. The zero-order chi connectivity index (χ0) is 50.2. The normalized spacial score (nSPS) is 12.1. The highest BCUT2D eigenvalue weighted by molar-refractivity contribution is 5.92. The fraction of sp³-hybridized carbons (Fsp3) is 0.0333. The van der Waals surface area contributed by atoms with Crippen molar-refractivity contribution in [3.63, 3.8) is 0 Å². The van der Waals surface area contributed by atoms with Gasteiger partial charge in [-0.25, -0.2) is 0 Å². The first kappa shape index (κ1) is 45.8. The van der Waals surface area contributed by atoms with Crippen LogP contribution < -0.4 is 9.80 Å². The molecule has 1 aliphatic rings. The number of aromatic hydroxyl groups is 10. The zero-order valence-corrected chi connectivity index (χ0v) is 38.3. The van der Waals surface area contributed by atoms with Gasteiger partial charge in [0.15, 0.2) is 23.0 Å². The molecule has 0 saturated heterocycles. The topological polar surface area (TPSA) is 209 Å². The van der Waals surface area contributed by atoms with Crippen molar-refractivity contribution in [1.29, 1.82) is 0 Å². The molecule has 0 fully saturated rings. The van der Waals surface area contributed by atoms with E-state index in [4.69, 9.17) is 0 Å². The molecule has 0 saturated carbocycles. The van der Waals surface area contributed by atoms with E-state index in [2.05, 4.69) is 12.2 Å². The molecule has 0 unspecified atom stereocenters. The van der Waals surface area contributed by atoms with Crippen LogP contribution >= 0.6 is 0 Å². The van der Waals surface area contributed by atoms with Crippen LogP contribution in [-0.4, -0.2) is 51.1 Å². The molecule has 1 aliphatic carbocycles. The molecule has 12 heteroatoms. The summed E-state index contributed by atoms with van der Waals surface area (Å²) in [5, 5.41) is 107. The number of anilines is 6. The second-order valence-electron chi connectivity index (χ2n) is 17.2. The molecule has 0 radical (unpaired) electrons. The fourth-order valence-corrected chi connectivity index (χ4v) is 9.00. The Morgan fingerprint density at radius 3 is 0.792 bits per heavy atom. The number of hydrogen-bond donors (Lipinski definition) is 10. The Morgan fingerprint density at radius 1 is 0.264 bits per heavy atom. The Bertz CT molecular complexity index is 3460. The average Bonchev–Trinajstić information content (AvgIpc) is 3.44. The minimum atomic E-state index is -1.05. The summed E-state index contributed by atoms with van der Waals surface area (Å²) in [7, 11) is 0. The highest BCUT2D eigenvalue weighted by Crippen LogP contribution is 2.59. The van der Waals surface area contributed by atoms with Crippen LogP contribution in [0.15, 0.2) is 194 Å². The van der Waals surface area contributed by atoms with Gasteiger partial charge in [-0.05, 0) is 117 Å². The molecule has 9 aromatic carbocycles. The first-order valence-corrected chi connectivity index (χ1v) is 22.9. The van der Waals surface area contributed by atoms with Gasteiger partial charge in [-0.15, -0.1) is 0 Å². The van der Waals surface area contributed by atoms with Gasteiger partial charge in [0.05, 0.1) is 0 Å². The molecule has 12 nitrogen and oxygen atoms in total. The van der Waals surface area contributed by atoms with Crippen LogP contribution in [0.4, 0.5) is 34.1 Å². The van der Waals surface area contributed by atoms with Gasteiger partial charge in [0, 0.05) is 22.7 Å². The number of nitrogens with zero attached hydrogens (tertiary/aromatic N) is 2. The molecular weight excluding hydrogens is 909 g/mol. The van der Waals surface area contributed by atoms with Crippen LogP contribution in [0.25, 0.3) is 50.1 Å². The van der Waals surface area contributed by atoms with Crippen LogP contribution in [0.2, 0.25) is 0 Å². The second-order valence-corrected chi connectivity index (χ2v) is 17.2. The highest BCUT2D eigenvalue weighted by atomic mass is 16.4. The van der Waals surface area contributed by atoms with Gasteiger partial charge >= 0.3 is 0 Å². The predicted octanol–water partition coefficient (Wildman–Crippen LogP) is 14.1. The van der Waals surface area contributed by atoms with Gasteiger partial charge in [-0.3, -0.25) is 0 Å². The van der Waals surface area contributed by atoms with Crippen LogP contribution in [0.3, 0.4) is 0 Å². The molecule has 0 amide bonds. The molecule has 0 aliphatic heterocycles. The summed E-state index contributed by atoms with van der Waals surface area (Å²) >= 11 is 0. The molecule has 72 heavy (non-hydrogen) atoms. The number of phenolic OH excluding ortho intramolecular Hbond substituents is 10. The van der Waals surface area contributed by atoms with Gasteiger partial charge in [0.1, 0.15) is 11.4 Å². The number of allylic oxidation sites excluding steroid dienone is 4. The third-order valence-electron chi connectivity index (χ3n) is 12.9. The second kappa shape index (κ2) is 18.9. The maximum atomic E-state index is 11.1. The van der Waals surface area contributed by atoms with Crippen LogP contribution in [-0.2, 0) is 0 Å². The molecule has 10 rings (SSSR count). The number of benzene rings is 9. The first-order valence-electron chi connectivity index (χ1n) is 22.9. The lowest BCUT2D eigenvalue weighted by Gasteiger charge is -2.28. The summed E-state index contributed by atoms with van der Waals surface area (Å²) < 4.78 is 0. The smallest absolute Gasteiger partial charge is 0.208 e. The minimum absolute atomic E-state index is 0.320. The Labute approximate surface area is 413 Å². The Balaban J connectivity index is 0.896. The number of hydrogen-bond acceptors (Lipinski definition) is 12. The van der Waals surface area contributed by atoms with E-state index in [1.54, 1.807) is 36.4 Å². The summed E-state index contributed by atoms with van der Waals surface area (Å²) in [5.41, 5.74) is 10.9. The molecule has 10 N–H and O–H groups in total. The molecule has 0 bridgehead atoms. The van der Waals surface area contributed by atoms with E-state index >= 15 is 0 Å². The number of rotatable bonds is 11. The Morgan fingerprint density at radius 2 is 0.514 bits per heavy atom. The zero-order valence-electron chi connectivity index (χ0n) is 38.3. The van der Waals surface area contributed by atoms with Crippen molar-refractivity contribution in [1.82, 2.24) is 0 Å². The maximum absolute atomic E-state index is 11.1. The quantitative estimate of drug-likeness (QED) is 0.0434. The van der Waals surface area contributed by atoms with E-state index < -0.39 is 57.5 Å². The van der Waals surface area contributed by atoms with Crippen molar-refractivity contribution in [2.45, 2.75) is 12.8 Å². The molecule has 0 aromatic heterocycles. The van der Waals surface area contributed by atoms with Gasteiger partial charge in [0.25, 0.3) is 0 Å². The molecule has 0 spiro atoms. The third-order valence-corrected chi connectivity index (χ3v) is 12.9. The largest absolute Gasteiger partial charge is 0.503 e. The third kappa shape index (κ3) is 8.39. The van der Waals surface area contributed by atoms with Gasteiger partial charge in [-0.2, -0.15) is 0 Å². The minimum Gasteiger partial charge on any atom is -0.503 e. The summed E-state index contributed by atoms with van der Waals surface area (Å²) in [4.78, 5) is 2.96. The summed E-state index contributed by atoms with van der Waals surface area (Å²) in [6, 6.07) is 55.2. The molecule has 0 heterocycles. The van der Waals surface area contributed by atoms with Gasteiger partial charge in [0.2, 0.25) is 34.5 Å². The van der Waals surface area contributed by atoms with E-state index in [9.17, 15) is 51.1 Å². The van der Waals surface area contributed by atoms with Crippen LogP contribution in [0.5, 0.6) is 57.5 Å². The molecule has 356 valence electrons. The van der Waals surface area contributed by atoms with Crippen LogP contribution in [0.1, 0.15) is 18.4 Å². The highest BCUT2D eigenvalue weighted by Gasteiger charge is 2.31. The molecule has 9 aromatic rings. The predicted molar refractivity (Wildman–Crippen MR) is 281 cm³/mol. The van der Waals surface area contributed by atoms with Crippen molar-refractivity contribution < 1.29 is 51.1 Å². The van der Waals surface area contributed by atoms with Gasteiger partial charge < -0.3 is 60.9 Å². The van der Waals surface area contributed by atoms with Crippen molar-refractivity contribution >= 4 is 39.7 Å². The van der Waals surface area contributed by atoms with E-state index in [0.29, 0.717) is 22.7 Å². The van der Waals surface area contributed by atoms with E-state index in [0.717, 1.165) is 68.5 Å². The standard InChI is InChI=1S/C60H46N2O10/c63-51-49(52(64)56(68)59(71)55(51)67)61(45-27-19-41(20-28-45)35-7-3-1-4-8-35)47-31-23-43(24-32-47)39-15-11-37(12-16-39)38-13-17-40(18-14-38)44-25-33-48(34-26-44)62(50-53(65)57(69)60(72)58(70)54(50)66)46-29-21-42(22-30-46)36-9-5-2-6-10-36/h1-5,7-9,11-34,63-72H,6,10H2. The van der Waals surface area contributed by atoms with Crippen molar-refractivity contribution in [2.24, 2.45) is 0 Å². The number of phenols is 10. The van der Waals surface area contributed by atoms with E-state index in [1.165, 1.54) is 9.80 Å². The fourth-order valence-electron chi connectivity index (χ4n) is 9.00. The summed E-state index contributed by atoms with van der Waals surface area (Å²) in [6.45, 7) is 0. The lowest BCUT2D eigenvalue weighted by atomic mass is 9.97. The monoisotopic (exact) mass is 954 g/mol. The molecule has 0 atom stereocenters. The lowest BCUT2D eigenvalue weighted by Crippen LogP contribution is -2.11. The van der Waals surface area contributed by atoms with Crippen LogP contribution in [0, 0.1) is 0 Å². The van der Waals surface area contributed by atoms with Crippen molar-refractivity contribution in [3.8, 4) is 102 Å². The maximum Gasteiger partial charge on any atom is 0.208 e. The van der Waals surface area contributed by atoms with E-state index in [1.807, 2.05) is 146 Å². The summed E-state index contributed by atoms with van der Waals surface area (Å²) in [6.07, 6.45) is 7.99. The van der Waals surface area contributed by atoms with Gasteiger partial charge in [-0.1, -0.05) is 146 Å². The molecular formula is C60H46N2O10. The van der Waals surface area contributed by atoms with E-state index in [-0.39, 0.29) is 11.4 Å². The van der Waals surface area contributed by atoms with Crippen molar-refractivity contribution in [2.75, 3.05) is 9.80 Å². The first-order chi connectivity index (χ1) is 34.9. The average molecular weight is 955 g/mol. The SMILES string of the molecule is Oc1c(O)c(O)c(N(c2ccc(C3=CC=CCC3)cc2)c2ccc(-c3ccc(-c4ccc(-c5ccc(N(c6ccc(-c7ccccc7)cc6)c6c(O)c(O)c(O)c(O)c6O)cc5)cc4)cc3)cc2)c(O)c1O. The lowest BCUT2D eigenvalue weighted by molar-refractivity contribution is 0.329. The Kier molecular flexibility index (Phi) is 12.0.